The Morgan fingerprint density at radius 2 is 0.880 bits per heavy atom. The first-order valence-corrected chi connectivity index (χ1v) is 11.2. The van der Waals surface area contributed by atoms with Crippen LogP contribution in [0.5, 0.6) is 0 Å². The first kappa shape index (κ1) is 27.6. The number of unbranched alkanes of at least 4 members (excludes halogenated alkanes) is 13. The Labute approximate surface area is 170 Å². The molecule has 0 aromatic rings. The highest BCUT2D eigenvalue weighted by Gasteiger charge is 2.21. The van der Waals surface area contributed by atoms with Gasteiger partial charge >= 0.3 is 0 Å². The summed E-state index contributed by atoms with van der Waals surface area (Å²) in [6, 6.07) is 0. The van der Waals surface area contributed by atoms with Gasteiger partial charge in [0, 0.05) is 0 Å². The molecule has 0 saturated heterocycles. The predicted molar refractivity (Wildman–Crippen MR) is 108 cm³/mol. The molecule has 0 spiro atoms. The van der Waals surface area contributed by atoms with Gasteiger partial charge < -0.3 is 26.6 Å². The lowest BCUT2D eigenvalue weighted by Crippen LogP contribution is -3.00. The van der Waals surface area contributed by atoms with Crippen molar-refractivity contribution in [2.24, 2.45) is 0 Å². The number of aliphatic hydroxyl groups excluding tert-OH is 1. The van der Waals surface area contributed by atoms with Gasteiger partial charge in [-0.25, -0.2) is 0 Å². The van der Waals surface area contributed by atoms with Gasteiger partial charge in [-0.15, -0.1) is 0 Å². The zero-order valence-electron chi connectivity index (χ0n) is 17.7. The summed E-state index contributed by atoms with van der Waals surface area (Å²) in [7, 11) is 0. The van der Waals surface area contributed by atoms with E-state index in [0.717, 1.165) is 24.1 Å². The van der Waals surface area contributed by atoms with Crippen molar-refractivity contribution >= 4 is 0 Å². The van der Waals surface area contributed by atoms with E-state index in [1.54, 1.807) is 0 Å². The first-order chi connectivity index (χ1) is 11.7. The van der Waals surface area contributed by atoms with Crippen molar-refractivity contribution < 1.29 is 26.6 Å². The molecule has 0 atom stereocenters. The van der Waals surface area contributed by atoms with Crippen molar-refractivity contribution in [3.8, 4) is 0 Å². The maximum Gasteiger partial charge on any atom is 0.102 e. The van der Waals surface area contributed by atoms with Crippen molar-refractivity contribution in [1.82, 2.24) is 0 Å². The van der Waals surface area contributed by atoms with Crippen LogP contribution in [-0.4, -0.2) is 42.4 Å². The van der Waals surface area contributed by atoms with Crippen molar-refractivity contribution in [3.05, 3.63) is 0 Å². The number of quaternary nitrogens is 1. The van der Waals surface area contributed by atoms with Gasteiger partial charge in [-0.1, -0.05) is 84.0 Å². The molecule has 0 heterocycles. The predicted octanol–water partition coefficient (Wildman–Crippen LogP) is 3.32. The fourth-order valence-electron chi connectivity index (χ4n) is 3.82. The lowest BCUT2D eigenvalue weighted by Gasteiger charge is -2.36. The third kappa shape index (κ3) is 16.3. The maximum atomic E-state index is 9.26. The lowest BCUT2D eigenvalue weighted by atomic mass is 10.0. The van der Waals surface area contributed by atoms with Crippen LogP contribution < -0.4 is 17.0 Å². The van der Waals surface area contributed by atoms with Crippen LogP contribution in [-0.2, 0) is 0 Å². The minimum absolute atomic E-state index is 0. The molecule has 0 aliphatic heterocycles. The number of hydrogen-bond acceptors (Lipinski definition) is 1. The van der Waals surface area contributed by atoms with Gasteiger partial charge in [0.05, 0.1) is 26.2 Å². The second kappa shape index (κ2) is 20.7. The van der Waals surface area contributed by atoms with Gasteiger partial charge in [-0.3, -0.25) is 0 Å². The van der Waals surface area contributed by atoms with E-state index in [9.17, 15) is 5.11 Å². The molecule has 1 N–H and O–H groups in total. The van der Waals surface area contributed by atoms with E-state index in [1.807, 2.05) is 0 Å². The van der Waals surface area contributed by atoms with Crippen LogP contribution in [0.2, 0.25) is 0 Å². The topological polar surface area (TPSA) is 20.2 Å². The van der Waals surface area contributed by atoms with Crippen LogP contribution in [0.1, 0.15) is 111 Å². The molecule has 0 radical (unpaired) electrons. The molecule has 154 valence electrons. The minimum atomic E-state index is 0. The molecular weight excluding hydrogens is 374 g/mol. The van der Waals surface area contributed by atoms with Crippen LogP contribution in [0.4, 0.5) is 0 Å². The summed E-state index contributed by atoms with van der Waals surface area (Å²) >= 11 is 0. The van der Waals surface area contributed by atoms with Gasteiger partial charge in [0.15, 0.2) is 0 Å². The minimum Gasteiger partial charge on any atom is -1.00 e. The van der Waals surface area contributed by atoms with Crippen LogP contribution in [0.25, 0.3) is 0 Å². The quantitative estimate of drug-likeness (QED) is 0.250. The maximum absolute atomic E-state index is 9.26. The summed E-state index contributed by atoms with van der Waals surface area (Å²) in [5.41, 5.74) is 0. The molecular formula is C22H48BrNO. The molecule has 0 fully saturated rings. The summed E-state index contributed by atoms with van der Waals surface area (Å²) in [6.07, 6.45) is 20.0. The Hall–Kier alpha value is 0.400. The fourth-order valence-corrected chi connectivity index (χ4v) is 3.82. The summed E-state index contributed by atoms with van der Waals surface area (Å²) < 4.78 is 1.11. The lowest BCUT2D eigenvalue weighted by molar-refractivity contribution is -0.925. The molecule has 0 unspecified atom stereocenters. The summed E-state index contributed by atoms with van der Waals surface area (Å²) in [6.45, 7) is 11.7. The Balaban J connectivity index is 0. The second-order valence-electron chi connectivity index (χ2n) is 7.74. The van der Waals surface area contributed by atoms with E-state index >= 15 is 0 Å². The smallest absolute Gasteiger partial charge is 0.102 e. The molecule has 3 heteroatoms. The van der Waals surface area contributed by atoms with Crippen molar-refractivity contribution in [3.63, 3.8) is 0 Å². The molecule has 25 heavy (non-hydrogen) atoms. The molecule has 0 rings (SSSR count). The molecule has 0 bridgehead atoms. The van der Waals surface area contributed by atoms with Crippen molar-refractivity contribution in [2.75, 3.05) is 32.8 Å². The van der Waals surface area contributed by atoms with Gasteiger partial charge in [0.25, 0.3) is 0 Å². The number of nitrogens with zero attached hydrogens (tertiary/aromatic N) is 1. The van der Waals surface area contributed by atoms with E-state index in [2.05, 4.69) is 20.8 Å². The van der Waals surface area contributed by atoms with E-state index < -0.39 is 0 Å². The van der Waals surface area contributed by atoms with E-state index in [4.69, 9.17) is 0 Å². The Kier molecular flexibility index (Phi) is 22.9. The zero-order valence-corrected chi connectivity index (χ0v) is 19.3. The van der Waals surface area contributed by atoms with Crippen molar-refractivity contribution in [1.29, 1.82) is 0 Å². The first-order valence-electron chi connectivity index (χ1n) is 11.2. The molecule has 2 nitrogen and oxygen atoms in total. The van der Waals surface area contributed by atoms with E-state index in [-0.39, 0.29) is 17.0 Å². The Bertz CT molecular complexity index is 244. The number of halogens is 1. The third-order valence-corrected chi connectivity index (χ3v) is 5.90. The number of rotatable bonds is 19. The van der Waals surface area contributed by atoms with Crippen LogP contribution >= 0.6 is 0 Å². The summed E-state index contributed by atoms with van der Waals surface area (Å²) in [5.74, 6) is 0. The van der Waals surface area contributed by atoms with Crippen LogP contribution in [0, 0.1) is 0 Å². The molecule has 0 aromatic heterocycles. The van der Waals surface area contributed by atoms with Gasteiger partial charge in [0.2, 0.25) is 0 Å². The standard InChI is InChI=1S/C22H48NO.BrH/c1-4-7-8-9-10-11-12-13-14-15-16-17-18-19-20-23(5-2,6-3)21-22-24;/h24H,4-22H2,1-3H3;1H/q+1;/p-1. The van der Waals surface area contributed by atoms with Crippen LogP contribution in [0.15, 0.2) is 0 Å². The SMILES string of the molecule is CCCCCCCCCCCCCCCC[N+](CC)(CC)CCO.[Br-]. The third-order valence-electron chi connectivity index (χ3n) is 5.90. The highest BCUT2D eigenvalue weighted by molar-refractivity contribution is 4.50. The van der Waals surface area contributed by atoms with Crippen LogP contribution in [0.3, 0.4) is 0 Å². The highest BCUT2D eigenvalue weighted by Crippen LogP contribution is 2.14. The van der Waals surface area contributed by atoms with E-state index in [0.29, 0.717) is 6.61 Å². The normalized spacial score (nSPS) is 11.5. The Morgan fingerprint density at radius 1 is 0.520 bits per heavy atom. The second-order valence-corrected chi connectivity index (χ2v) is 7.74. The average Bonchev–Trinajstić information content (AvgIpc) is 2.61. The summed E-state index contributed by atoms with van der Waals surface area (Å²) in [5, 5.41) is 9.26. The molecule has 0 saturated carbocycles. The van der Waals surface area contributed by atoms with E-state index in [1.165, 1.54) is 96.4 Å². The van der Waals surface area contributed by atoms with Gasteiger partial charge in [0.1, 0.15) is 6.54 Å². The number of aliphatic hydroxyl groups is 1. The molecule has 0 amide bonds. The largest absolute Gasteiger partial charge is 1.00 e. The fraction of sp³-hybridized carbons (Fsp3) is 1.00. The monoisotopic (exact) mass is 421 g/mol. The average molecular weight is 423 g/mol. The summed E-state index contributed by atoms with van der Waals surface area (Å²) in [4.78, 5) is 0. The van der Waals surface area contributed by atoms with Gasteiger partial charge in [-0.2, -0.15) is 0 Å². The number of likely N-dealkylation sites (N-methyl/N-ethyl adjacent to an activating group) is 1. The van der Waals surface area contributed by atoms with Gasteiger partial charge in [-0.05, 0) is 26.7 Å². The zero-order chi connectivity index (χ0) is 17.9. The highest BCUT2D eigenvalue weighted by atomic mass is 79.9. The molecule has 0 aromatic carbocycles. The number of hydrogen-bond donors (Lipinski definition) is 1. The Morgan fingerprint density at radius 3 is 1.20 bits per heavy atom. The molecule has 0 aliphatic rings. The molecule has 0 aliphatic carbocycles. The van der Waals surface area contributed by atoms with Crippen molar-refractivity contribution in [2.45, 2.75) is 111 Å².